The average Bonchev–Trinajstić information content (AvgIpc) is 3.26. The lowest BCUT2D eigenvalue weighted by atomic mass is 9.93. The monoisotopic (exact) mass is 424 g/mol. The van der Waals surface area contributed by atoms with Gasteiger partial charge in [-0.2, -0.15) is 5.10 Å². The first kappa shape index (κ1) is 22.1. The van der Waals surface area contributed by atoms with E-state index in [9.17, 15) is 9.59 Å². The largest absolute Gasteiger partial charge is 0.383 e. The van der Waals surface area contributed by atoms with E-state index >= 15 is 0 Å². The normalized spacial score (nSPS) is 11.7. The van der Waals surface area contributed by atoms with Gasteiger partial charge in [0.1, 0.15) is 22.8 Å². The summed E-state index contributed by atoms with van der Waals surface area (Å²) in [5.41, 5.74) is 13.5. The molecule has 2 heterocycles. The summed E-state index contributed by atoms with van der Waals surface area (Å²) in [4.78, 5) is 24.3. The third-order valence-corrected chi connectivity index (χ3v) is 4.79. The number of carbonyl (C=O) groups is 2. The van der Waals surface area contributed by atoms with Crippen LogP contribution in [0.4, 0.5) is 11.6 Å². The molecule has 1 aromatic carbocycles. The second-order valence-corrected chi connectivity index (χ2v) is 8.76. The van der Waals surface area contributed by atoms with Crippen LogP contribution in [0.2, 0.25) is 0 Å². The first-order valence-corrected chi connectivity index (χ1v) is 10.0. The molecule has 0 aliphatic heterocycles. The van der Waals surface area contributed by atoms with E-state index in [4.69, 9.17) is 16.0 Å². The zero-order valence-electron chi connectivity index (χ0n) is 18.4. The van der Waals surface area contributed by atoms with Crippen LogP contribution in [-0.4, -0.2) is 26.8 Å². The smallest absolute Gasteiger partial charge is 0.254 e. The van der Waals surface area contributed by atoms with Gasteiger partial charge in [0.25, 0.3) is 5.91 Å². The first-order valence-electron chi connectivity index (χ1n) is 10.0. The van der Waals surface area contributed by atoms with Crippen molar-refractivity contribution in [1.29, 1.82) is 0 Å². The van der Waals surface area contributed by atoms with Crippen molar-refractivity contribution in [3.8, 4) is 11.3 Å². The van der Waals surface area contributed by atoms with Gasteiger partial charge in [0.05, 0.1) is 6.42 Å². The van der Waals surface area contributed by atoms with Crippen molar-refractivity contribution in [2.75, 3.05) is 11.1 Å². The zero-order chi connectivity index (χ0) is 22.9. The number of rotatable bonds is 6. The number of benzene rings is 1. The van der Waals surface area contributed by atoms with Crippen LogP contribution >= 0.6 is 0 Å². The van der Waals surface area contributed by atoms with Gasteiger partial charge in [-0.25, -0.2) is 4.68 Å². The highest BCUT2D eigenvalue weighted by atomic mass is 16.5. The number of nitrogens with one attached hydrogen (secondary N) is 1. The van der Waals surface area contributed by atoms with Crippen molar-refractivity contribution >= 4 is 23.5 Å². The minimum absolute atomic E-state index is 0.0230. The molecule has 0 spiro atoms. The maximum absolute atomic E-state index is 12.4. The molecular weight excluding hydrogens is 396 g/mol. The number of amides is 2. The van der Waals surface area contributed by atoms with Crippen LogP contribution < -0.4 is 16.8 Å². The Morgan fingerprint density at radius 1 is 1.19 bits per heavy atom. The molecule has 31 heavy (non-hydrogen) atoms. The summed E-state index contributed by atoms with van der Waals surface area (Å²) in [6.45, 7) is 9.84. The Labute approximate surface area is 180 Å². The van der Waals surface area contributed by atoms with E-state index in [2.05, 4.69) is 15.6 Å². The highest BCUT2D eigenvalue weighted by Crippen LogP contribution is 2.29. The van der Waals surface area contributed by atoms with Gasteiger partial charge < -0.3 is 21.3 Å². The van der Waals surface area contributed by atoms with Crippen LogP contribution in [0.25, 0.3) is 11.3 Å². The molecule has 3 aromatic rings. The van der Waals surface area contributed by atoms with Gasteiger partial charge in [0, 0.05) is 23.1 Å². The summed E-state index contributed by atoms with van der Waals surface area (Å²) < 4.78 is 6.85. The molecule has 0 aliphatic carbocycles. The van der Waals surface area contributed by atoms with E-state index in [0.717, 1.165) is 5.56 Å². The summed E-state index contributed by atoms with van der Waals surface area (Å²) in [6.07, 6.45) is 0.156. The van der Waals surface area contributed by atoms with Crippen LogP contribution in [0.1, 0.15) is 62.3 Å². The Hall–Kier alpha value is -3.62. The SMILES string of the molecule is CC(C)n1nc(-c2ccc(CC(=O)Nc3cc(C(C)(C)C)on3)cc2)c(C(N)=O)c1N. The van der Waals surface area contributed by atoms with Crippen LogP contribution in [0.5, 0.6) is 0 Å². The van der Waals surface area contributed by atoms with Gasteiger partial charge >= 0.3 is 0 Å². The van der Waals surface area contributed by atoms with Crippen LogP contribution in [0.3, 0.4) is 0 Å². The van der Waals surface area contributed by atoms with Crippen molar-refractivity contribution in [2.24, 2.45) is 5.73 Å². The van der Waals surface area contributed by atoms with Gasteiger partial charge in [0.2, 0.25) is 5.91 Å². The van der Waals surface area contributed by atoms with Crippen molar-refractivity contribution in [1.82, 2.24) is 14.9 Å². The van der Waals surface area contributed by atoms with E-state index in [0.29, 0.717) is 22.8 Å². The minimum Gasteiger partial charge on any atom is -0.383 e. The Morgan fingerprint density at radius 3 is 2.35 bits per heavy atom. The molecule has 9 heteroatoms. The topological polar surface area (TPSA) is 142 Å². The van der Waals surface area contributed by atoms with Crippen molar-refractivity contribution in [2.45, 2.75) is 52.5 Å². The van der Waals surface area contributed by atoms with Gasteiger partial charge in [-0.1, -0.05) is 50.2 Å². The Balaban J connectivity index is 1.75. The van der Waals surface area contributed by atoms with Crippen molar-refractivity contribution in [3.63, 3.8) is 0 Å². The first-order chi connectivity index (χ1) is 14.5. The summed E-state index contributed by atoms with van der Waals surface area (Å²) in [5, 5.41) is 11.1. The van der Waals surface area contributed by atoms with E-state index in [-0.39, 0.29) is 35.2 Å². The molecule has 0 radical (unpaired) electrons. The number of anilines is 2. The molecular formula is C22H28N6O3. The molecule has 5 N–H and O–H groups in total. The summed E-state index contributed by atoms with van der Waals surface area (Å²) in [6, 6.07) is 8.87. The number of carbonyl (C=O) groups excluding carboxylic acids is 2. The standard InChI is InChI=1S/C22H28N6O3/c1-12(2)28-20(23)18(21(24)30)19(26-28)14-8-6-13(7-9-14)10-17(29)25-16-11-15(31-27-16)22(3,4)5/h6-9,11-12H,10,23H2,1-5H3,(H2,24,30)(H,25,27,29). The quantitative estimate of drug-likeness (QED) is 0.554. The Bertz CT molecular complexity index is 1100. The molecule has 3 rings (SSSR count). The molecule has 0 unspecified atom stereocenters. The summed E-state index contributed by atoms with van der Waals surface area (Å²) in [7, 11) is 0. The third kappa shape index (κ3) is 4.76. The molecule has 2 aromatic heterocycles. The molecule has 0 saturated carbocycles. The van der Waals surface area contributed by atoms with Crippen molar-refractivity contribution < 1.29 is 14.1 Å². The van der Waals surface area contributed by atoms with Gasteiger partial charge in [0.15, 0.2) is 5.82 Å². The Morgan fingerprint density at radius 2 is 1.84 bits per heavy atom. The van der Waals surface area contributed by atoms with Crippen molar-refractivity contribution in [3.05, 3.63) is 47.2 Å². The zero-order valence-corrected chi connectivity index (χ0v) is 18.4. The maximum atomic E-state index is 12.4. The minimum atomic E-state index is -0.634. The summed E-state index contributed by atoms with van der Waals surface area (Å²) in [5.74, 6) is 0.464. The lowest BCUT2D eigenvalue weighted by Gasteiger charge is -2.12. The molecule has 0 atom stereocenters. The average molecular weight is 425 g/mol. The number of hydrogen-bond acceptors (Lipinski definition) is 6. The highest BCUT2D eigenvalue weighted by molar-refractivity contribution is 6.03. The predicted octanol–water partition coefficient (Wildman–Crippen LogP) is 3.28. The fourth-order valence-electron chi connectivity index (χ4n) is 3.13. The lowest BCUT2D eigenvalue weighted by molar-refractivity contribution is -0.115. The highest BCUT2D eigenvalue weighted by Gasteiger charge is 2.23. The molecule has 0 aliphatic rings. The van der Waals surface area contributed by atoms with E-state index in [1.165, 1.54) is 0 Å². The van der Waals surface area contributed by atoms with E-state index in [1.807, 2.05) is 34.6 Å². The fourth-order valence-corrected chi connectivity index (χ4v) is 3.13. The molecule has 0 bridgehead atoms. The lowest BCUT2D eigenvalue weighted by Crippen LogP contribution is -2.15. The number of nitrogens with two attached hydrogens (primary N) is 2. The molecule has 0 saturated heterocycles. The van der Waals surface area contributed by atoms with Gasteiger partial charge in [-0.3, -0.25) is 9.59 Å². The van der Waals surface area contributed by atoms with E-state index in [1.54, 1.807) is 35.0 Å². The van der Waals surface area contributed by atoms with Gasteiger partial charge in [-0.05, 0) is 19.4 Å². The predicted molar refractivity (Wildman–Crippen MR) is 119 cm³/mol. The summed E-state index contributed by atoms with van der Waals surface area (Å²) >= 11 is 0. The third-order valence-electron chi connectivity index (χ3n) is 4.79. The second-order valence-electron chi connectivity index (χ2n) is 8.76. The molecule has 0 fully saturated rings. The molecule has 2 amide bonds. The molecule has 9 nitrogen and oxygen atoms in total. The number of hydrogen-bond donors (Lipinski definition) is 3. The Kier molecular flexibility index (Phi) is 5.88. The number of nitrogens with zero attached hydrogens (tertiary/aromatic N) is 3. The molecule has 164 valence electrons. The number of aromatic nitrogens is 3. The van der Waals surface area contributed by atoms with Crippen LogP contribution in [-0.2, 0) is 16.6 Å². The van der Waals surface area contributed by atoms with Crippen LogP contribution in [0.15, 0.2) is 34.9 Å². The second kappa shape index (κ2) is 8.25. The van der Waals surface area contributed by atoms with Crippen LogP contribution in [0, 0.1) is 0 Å². The number of primary amides is 1. The maximum Gasteiger partial charge on any atom is 0.254 e. The van der Waals surface area contributed by atoms with Gasteiger partial charge in [-0.15, -0.1) is 0 Å². The fraction of sp³-hybridized carbons (Fsp3) is 0.364. The van der Waals surface area contributed by atoms with E-state index < -0.39 is 5.91 Å². The number of nitrogen functional groups attached to an aromatic ring is 1.